The van der Waals surface area contributed by atoms with Crippen LogP contribution >= 0.6 is 11.8 Å². The highest BCUT2D eigenvalue weighted by Gasteiger charge is 2.27. The van der Waals surface area contributed by atoms with Gasteiger partial charge in [-0.3, -0.25) is 0 Å². The Balaban J connectivity index is 1.94. The van der Waals surface area contributed by atoms with Gasteiger partial charge < -0.3 is 9.30 Å². The number of morpholine rings is 1. The summed E-state index contributed by atoms with van der Waals surface area (Å²) in [5.74, 6) is 0.852. The van der Waals surface area contributed by atoms with Gasteiger partial charge in [0.2, 0.25) is 10.0 Å². The summed E-state index contributed by atoms with van der Waals surface area (Å²) in [7, 11) is -3.50. The largest absolute Gasteiger partial charge is 0.379 e. The molecule has 0 N–H and O–H groups in total. The fraction of sp³-hybridized carbons (Fsp3) is 0.500. The number of benzene rings is 1. The third kappa shape index (κ3) is 3.98. The highest BCUT2D eigenvalue weighted by atomic mass is 32.2. The number of rotatable bonds is 6. The molecule has 0 atom stereocenters. The molecule has 0 aliphatic carbocycles. The van der Waals surface area contributed by atoms with E-state index in [9.17, 15) is 8.42 Å². The quantitative estimate of drug-likeness (QED) is 0.555. The zero-order valence-electron chi connectivity index (χ0n) is 15.4. The van der Waals surface area contributed by atoms with E-state index in [2.05, 4.69) is 36.4 Å². The number of ether oxygens (including phenoxy) is 1. The number of nitrogens with zero attached hydrogens (tertiary/aromatic N) is 3. The number of hydrogen-bond donors (Lipinski definition) is 0. The topological polar surface area (TPSA) is 64.4 Å². The number of imidazole rings is 1. The van der Waals surface area contributed by atoms with Crippen molar-refractivity contribution in [3.8, 4) is 0 Å². The monoisotopic (exact) mass is 395 g/mol. The van der Waals surface area contributed by atoms with Crippen LogP contribution in [0.15, 0.2) is 39.9 Å². The molecule has 0 radical (unpaired) electrons. The molecule has 0 amide bonds. The van der Waals surface area contributed by atoms with Crippen LogP contribution in [0.1, 0.15) is 20.8 Å². The van der Waals surface area contributed by atoms with Gasteiger partial charge in [0.15, 0.2) is 5.16 Å². The Hall–Kier alpha value is -1.35. The number of sulfonamides is 1. The molecule has 1 aromatic heterocycles. The van der Waals surface area contributed by atoms with Gasteiger partial charge in [-0.15, -0.1) is 0 Å². The molecule has 0 saturated carbocycles. The summed E-state index contributed by atoms with van der Waals surface area (Å²) in [6.45, 7) is 8.70. The number of aromatic nitrogens is 2. The van der Waals surface area contributed by atoms with E-state index in [-0.39, 0.29) is 0 Å². The van der Waals surface area contributed by atoms with Gasteiger partial charge in [-0.25, -0.2) is 13.4 Å². The van der Waals surface area contributed by atoms with Crippen molar-refractivity contribution in [1.82, 2.24) is 13.9 Å². The van der Waals surface area contributed by atoms with E-state index < -0.39 is 10.0 Å². The first-order valence-corrected chi connectivity index (χ1v) is 11.2. The summed E-state index contributed by atoms with van der Waals surface area (Å²) in [4.78, 5) is 4.99. The molecule has 26 heavy (non-hydrogen) atoms. The molecule has 0 spiro atoms. The Morgan fingerprint density at radius 2 is 2.04 bits per heavy atom. The lowest BCUT2D eigenvalue weighted by atomic mass is 10.3. The van der Waals surface area contributed by atoms with Gasteiger partial charge in [0, 0.05) is 25.4 Å². The number of hydrogen-bond acceptors (Lipinski definition) is 5. The molecule has 142 valence electrons. The average Bonchev–Trinajstić information content (AvgIpc) is 2.98. The van der Waals surface area contributed by atoms with Crippen LogP contribution in [0.3, 0.4) is 0 Å². The summed E-state index contributed by atoms with van der Waals surface area (Å²) < 4.78 is 34.6. The van der Waals surface area contributed by atoms with Crippen LogP contribution in [0.2, 0.25) is 0 Å². The van der Waals surface area contributed by atoms with E-state index in [0.29, 0.717) is 31.2 Å². The summed E-state index contributed by atoms with van der Waals surface area (Å²) in [6, 6.07) is 5.24. The predicted octanol–water partition coefficient (Wildman–Crippen LogP) is 3.14. The van der Waals surface area contributed by atoms with Crippen molar-refractivity contribution in [1.29, 1.82) is 0 Å². The Kier molecular flexibility index (Phi) is 6.06. The van der Waals surface area contributed by atoms with E-state index in [1.54, 1.807) is 23.9 Å². The van der Waals surface area contributed by atoms with Crippen molar-refractivity contribution >= 4 is 32.8 Å². The minimum atomic E-state index is -3.50. The van der Waals surface area contributed by atoms with Gasteiger partial charge in [-0.2, -0.15) is 4.31 Å². The minimum Gasteiger partial charge on any atom is -0.379 e. The van der Waals surface area contributed by atoms with E-state index >= 15 is 0 Å². The first-order valence-electron chi connectivity index (χ1n) is 8.78. The SMILES string of the molecule is CCn1c(SCC=C(C)C)nc2cc(S(=O)(=O)N3CCOCC3)ccc21. The maximum atomic E-state index is 12.9. The number of aryl methyl sites for hydroxylation is 1. The van der Waals surface area contributed by atoms with Crippen molar-refractivity contribution < 1.29 is 13.2 Å². The molecule has 2 aromatic rings. The van der Waals surface area contributed by atoms with Gasteiger partial charge in [0.1, 0.15) is 0 Å². The predicted molar refractivity (Wildman–Crippen MR) is 105 cm³/mol. The average molecular weight is 396 g/mol. The van der Waals surface area contributed by atoms with Crippen LogP contribution in [0, 0.1) is 0 Å². The molecule has 3 rings (SSSR count). The van der Waals surface area contributed by atoms with Gasteiger partial charge in [0.25, 0.3) is 0 Å². The molecule has 2 heterocycles. The van der Waals surface area contributed by atoms with Crippen LogP contribution in [0.4, 0.5) is 0 Å². The lowest BCUT2D eigenvalue weighted by molar-refractivity contribution is 0.0730. The first kappa shape index (κ1) is 19.4. The zero-order chi connectivity index (χ0) is 18.7. The molecule has 1 fully saturated rings. The van der Waals surface area contributed by atoms with Crippen LogP contribution in [-0.4, -0.2) is 54.3 Å². The van der Waals surface area contributed by atoms with Gasteiger partial charge in [-0.05, 0) is 39.0 Å². The molecule has 1 aliphatic rings. The van der Waals surface area contributed by atoms with Gasteiger partial charge in [-0.1, -0.05) is 23.4 Å². The third-order valence-electron chi connectivity index (χ3n) is 4.31. The molecular formula is C18H25N3O3S2. The van der Waals surface area contributed by atoms with Crippen molar-refractivity contribution in [2.45, 2.75) is 37.4 Å². The Morgan fingerprint density at radius 1 is 1.31 bits per heavy atom. The highest BCUT2D eigenvalue weighted by molar-refractivity contribution is 7.99. The second-order valence-electron chi connectivity index (χ2n) is 6.40. The molecule has 0 unspecified atom stereocenters. The minimum absolute atomic E-state index is 0.300. The van der Waals surface area contributed by atoms with E-state index in [4.69, 9.17) is 4.74 Å². The Morgan fingerprint density at radius 3 is 2.69 bits per heavy atom. The van der Waals surface area contributed by atoms with E-state index in [0.717, 1.165) is 28.5 Å². The van der Waals surface area contributed by atoms with Crippen molar-refractivity contribution in [3.63, 3.8) is 0 Å². The molecule has 1 aliphatic heterocycles. The van der Waals surface area contributed by atoms with E-state index in [1.165, 1.54) is 9.88 Å². The molecule has 8 heteroatoms. The summed E-state index contributed by atoms with van der Waals surface area (Å²) in [6.07, 6.45) is 2.17. The highest BCUT2D eigenvalue weighted by Crippen LogP contribution is 2.27. The number of allylic oxidation sites excluding steroid dienone is 1. The standard InChI is InChI=1S/C18H25N3O3S2/c1-4-21-17-6-5-15(26(22,23)20-8-10-24-11-9-20)13-16(17)19-18(21)25-12-7-14(2)3/h5-7,13H,4,8-12H2,1-3H3. The Bertz CT molecular complexity index is 909. The lowest BCUT2D eigenvalue weighted by Gasteiger charge is -2.26. The fourth-order valence-corrected chi connectivity index (χ4v) is 5.42. The second kappa shape index (κ2) is 8.12. The molecular weight excluding hydrogens is 370 g/mol. The summed E-state index contributed by atoms with van der Waals surface area (Å²) in [5.41, 5.74) is 2.96. The third-order valence-corrected chi connectivity index (χ3v) is 7.11. The second-order valence-corrected chi connectivity index (χ2v) is 9.32. The van der Waals surface area contributed by atoms with Crippen molar-refractivity contribution in [2.24, 2.45) is 0 Å². The smallest absolute Gasteiger partial charge is 0.243 e. The van der Waals surface area contributed by atoms with Crippen LogP contribution < -0.4 is 0 Å². The maximum Gasteiger partial charge on any atom is 0.243 e. The van der Waals surface area contributed by atoms with Gasteiger partial charge in [0.05, 0.1) is 29.1 Å². The van der Waals surface area contributed by atoms with Crippen LogP contribution in [0.5, 0.6) is 0 Å². The van der Waals surface area contributed by atoms with Crippen LogP contribution in [0.25, 0.3) is 11.0 Å². The Labute approximate surface area is 159 Å². The van der Waals surface area contributed by atoms with E-state index in [1.807, 2.05) is 6.07 Å². The molecule has 1 saturated heterocycles. The first-order chi connectivity index (χ1) is 12.4. The number of fused-ring (bicyclic) bond motifs is 1. The fourth-order valence-electron chi connectivity index (χ4n) is 2.88. The molecule has 1 aromatic carbocycles. The maximum absolute atomic E-state index is 12.9. The van der Waals surface area contributed by atoms with Crippen LogP contribution in [-0.2, 0) is 21.3 Å². The van der Waals surface area contributed by atoms with Gasteiger partial charge >= 0.3 is 0 Å². The normalized spacial score (nSPS) is 16.1. The molecule has 6 nitrogen and oxygen atoms in total. The number of thioether (sulfide) groups is 1. The van der Waals surface area contributed by atoms with Crippen molar-refractivity contribution in [3.05, 3.63) is 29.8 Å². The summed E-state index contributed by atoms with van der Waals surface area (Å²) in [5, 5.41) is 0.918. The molecule has 0 bridgehead atoms. The summed E-state index contributed by atoms with van der Waals surface area (Å²) >= 11 is 1.67. The zero-order valence-corrected chi connectivity index (χ0v) is 17.1. The lowest BCUT2D eigenvalue weighted by Crippen LogP contribution is -2.40. The van der Waals surface area contributed by atoms with Crippen molar-refractivity contribution in [2.75, 3.05) is 32.1 Å².